The molecule has 0 saturated carbocycles. The van der Waals surface area contributed by atoms with Gasteiger partial charge < -0.3 is 15.0 Å². The lowest BCUT2D eigenvalue weighted by atomic mass is 10.1. The van der Waals surface area contributed by atoms with E-state index in [1.54, 1.807) is 16.9 Å². The normalized spacial score (nSPS) is 14.2. The zero-order valence-electron chi connectivity index (χ0n) is 15.8. The predicted octanol–water partition coefficient (Wildman–Crippen LogP) is 3.53. The predicted molar refractivity (Wildman–Crippen MR) is 106 cm³/mol. The summed E-state index contributed by atoms with van der Waals surface area (Å²) >= 11 is 0. The molecule has 0 aliphatic carbocycles. The summed E-state index contributed by atoms with van der Waals surface area (Å²) in [5.41, 5.74) is 2.58. The highest BCUT2D eigenvalue weighted by molar-refractivity contribution is 5.94. The third-order valence-electron chi connectivity index (χ3n) is 4.71. The number of aryl methyl sites for hydroxylation is 1. The van der Waals surface area contributed by atoms with E-state index in [0.717, 1.165) is 35.7 Å². The van der Waals surface area contributed by atoms with Gasteiger partial charge in [-0.05, 0) is 48.7 Å². The van der Waals surface area contributed by atoms with Crippen molar-refractivity contribution >= 4 is 23.3 Å². The van der Waals surface area contributed by atoms with Gasteiger partial charge in [-0.1, -0.05) is 18.2 Å². The summed E-state index contributed by atoms with van der Waals surface area (Å²) in [5.74, 6) is 0.744. The fourth-order valence-electron chi connectivity index (χ4n) is 3.21. The van der Waals surface area contributed by atoms with Crippen molar-refractivity contribution in [1.29, 1.82) is 0 Å². The monoisotopic (exact) mass is 367 g/mol. The van der Waals surface area contributed by atoms with Crippen LogP contribution in [0.1, 0.15) is 18.4 Å². The molecule has 6 heteroatoms. The molecule has 0 radical (unpaired) electrons. The lowest BCUT2D eigenvalue weighted by molar-refractivity contribution is -0.116. The minimum atomic E-state index is -0.0533. The molecule has 1 fully saturated rings. The van der Waals surface area contributed by atoms with Gasteiger partial charge in [0.2, 0.25) is 5.91 Å². The molecule has 1 N–H and O–H groups in total. The number of carbonyl (C=O) groups is 2. The molecule has 0 spiro atoms. The molecule has 2 aromatic rings. The van der Waals surface area contributed by atoms with Crippen LogP contribution in [0.15, 0.2) is 48.5 Å². The van der Waals surface area contributed by atoms with E-state index < -0.39 is 0 Å². The van der Waals surface area contributed by atoms with Gasteiger partial charge in [0.15, 0.2) is 0 Å². The fourth-order valence-corrected chi connectivity index (χ4v) is 3.21. The third-order valence-corrected chi connectivity index (χ3v) is 4.71. The van der Waals surface area contributed by atoms with Crippen molar-refractivity contribution in [3.63, 3.8) is 0 Å². The fraction of sp³-hybridized carbons (Fsp3) is 0.333. The van der Waals surface area contributed by atoms with Crippen molar-refractivity contribution in [3.8, 4) is 5.75 Å². The molecule has 27 heavy (non-hydrogen) atoms. The number of hydrogen-bond acceptors (Lipinski definition) is 3. The van der Waals surface area contributed by atoms with Crippen molar-refractivity contribution in [2.24, 2.45) is 0 Å². The molecule has 0 unspecified atom stereocenters. The number of para-hydroxylation sites is 1. The molecule has 3 rings (SSSR count). The van der Waals surface area contributed by atoms with Crippen LogP contribution in [0.2, 0.25) is 0 Å². The van der Waals surface area contributed by atoms with Gasteiger partial charge in [-0.2, -0.15) is 0 Å². The molecule has 142 valence electrons. The molecule has 1 aliphatic rings. The summed E-state index contributed by atoms with van der Waals surface area (Å²) < 4.78 is 5.32. The second-order valence-electron chi connectivity index (χ2n) is 6.62. The molecule has 2 aromatic carbocycles. The zero-order valence-corrected chi connectivity index (χ0v) is 15.8. The Balaban J connectivity index is 1.56. The highest BCUT2D eigenvalue weighted by atomic mass is 16.5. The third kappa shape index (κ3) is 4.58. The lowest BCUT2D eigenvalue weighted by Crippen LogP contribution is -2.47. The van der Waals surface area contributed by atoms with Crippen molar-refractivity contribution in [1.82, 2.24) is 4.90 Å². The quantitative estimate of drug-likeness (QED) is 0.850. The summed E-state index contributed by atoms with van der Waals surface area (Å²) in [4.78, 5) is 28.0. The standard InChI is InChI=1S/C21H25N3O3/c1-23-14-5-15-24(21(23)26)18-11-9-17(10-12-18)22-20(25)13-8-16-6-3-4-7-19(16)27-2/h3-4,6-7,9-12H,5,8,13-15H2,1-2H3,(H,22,25). The maximum atomic E-state index is 12.2. The number of anilines is 2. The first-order valence-electron chi connectivity index (χ1n) is 9.13. The van der Waals surface area contributed by atoms with Crippen LogP contribution in [0.4, 0.5) is 16.2 Å². The molecule has 6 nitrogen and oxygen atoms in total. The number of ether oxygens (including phenoxy) is 1. The van der Waals surface area contributed by atoms with Crippen LogP contribution in [0.25, 0.3) is 0 Å². The number of benzene rings is 2. The Hall–Kier alpha value is -3.02. The summed E-state index contributed by atoms with van der Waals surface area (Å²) in [6, 6.07) is 15.1. The second kappa shape index (κ2) is 8.58. The molecular weight excluding hydrogens is 342 g/mol. The van der Waals surface area contributed by atoms with Gasteiger partial charge in [0, 0.05) is 37.9 Å². The Bertz CT molecular complexity index is 805. The molecule has 1 heterocycles. The van der Waals surface area contributed by atoms with Crippen molar-refractivity contribution < 1.29 is 14.3 Å². The highest BCUT2D eigenvalue weighted by Crippen LogP contribution is 2.22. The van der Waals surface area contributed by atoms with Gasteiger partial charge >= 0.3 is 6.03 Å². The molecule has 1 saturated heterocycles. The Kier molecular flexibility index (Phi) is 5.96. The second-order valence-corrected chi connectivity index (χ2v) is 6.62. The number of hydrogen-bond donors (Lipinski definition) is 1. The van der Waals surface area contributed by atoms with E-state index in [1.165, 1.54) is 0 Å². The van der Waals surface area contributed by atoms with Crippen LogP contribution in [-0.4, -0.2) is 44.1 Å². The van der Waals surface area contributed by atoms with E-state index in [-0.39, 0.29) is 11.9 Å². The first-order valence-corrected chi connectivity index (χ1v) is 9.13. The Morgan fingerprint density at radius 2 is 1.85 bits per heavy atom. The average Bonchev–Trinajstić information content (AvgIpc) is 2.69. The van der Waals surface area contributed by atoms with Gasteiger partial charge in [-0.25, -0.2) is 4.79 Å². The van der Waals surface area contributed by atoms with Crippen LogP contribution in [0.3, 0.4) is 0 Å². The lowest BCUT2D eigenvalue weighted by Gasteiger charge is -2.33. The van der Waals surface area contributed by atoms with Gasteiger partial charge in [0.1, 0.15) is 5.75 Å². The number of nitrogens with zero attached hydrogens (tertiary/aromatic N) is 2. The maximum absolute atomic E-state index is 12.2. The number of nitrogens with one attached hydrogen (secondary N) is 1. The van der Waals surface area contributed by atoms with E-state index in [4.69, 9.17) is 4.74 Å². The molecule has 1 aliphatic heterocycles. The number of carbonyl (C=O) groups excluding carboxylic acids is 2. The zero-order chi connectivity index (χ0) is 19.2. The minimum absolute atomic E-state index is 0.00911. The molecule has 0 aromatic heterocycles. The summed E-state index contributed by atoms with van der Waals surface area (Å²) in [5, 5.41) is 2.91. The molecular formula is C21H25N3O3. The minimum Gasteiger partial charge on any atom is -0.496 e. The summed E-state index contributed by atoms with van der Waals surface area (Å²) in [6.45, 7) is 1.50. The van der Waals surface area contributed by atoms with Gasteiger partial charge in [0.05, 0.1) is 7.11 Å². The number of rotatable bonds is 6. The Morgan fingerprint density at radius 3 is 2.59 bits per heavy atom. The molecule has 3 amide bonds. The average molecular weight is 367 g/mol. The smallest absolute Gasteiger partial charge is 0.324 e. The summed E-state index contributed by atoms with van der Waals surface area (Å²) in [6.07, 6.45) is 1.93. The van der Waals surface area contributed by atoms with Crippen LogP contribution in [0, 0.1) is 0 Å². The first-order chi connectivity index (χ1) is 13.1. The van der Waals surface area contributed by atoms with E-state index in [2.05, 4.69) is 5.32 Å². The van der Waals surface area contributed by atoms with E-state index in [9.17, 15) is 9.59 Å². The molecule has 0 atom stereocenters. The molecule has 0 bridgehead atoms. The van der Waals surface area contributed by atoms with Crippen LogP contribution >= 0.6 is 0 Å². The van der Waals surface area contributed by atoms with E-state index in [1.807, 2.05) is 55.6 Å². The number of urea groups is 1. The maximum Gasteiger partial charge on any atom is 0.324 e. The van der Waals surface area contributed by atoms with Gasteiger partial charge in [-0.15, -0.1) is 0 Å². The van der Waals surface area contributed by atoms with Crippen LogP contribution in [-0.2, 0) is 11.2 Å². The largest absolute Gasteiger partial charge is 0.496 e. The van der Waals surface area contributed by atoms with Crippen LogP contribution in [0.5, 0.6) is 5.75 Å². The topological polar surface area (TPSA) is 61.9 Å². The van der Waals surface area contributed by atoms with E-state index >= 15 is 0 Å². The Morgan fingerprint density at radius 1 is 1.11 bits per heavy atom. The number of amides is 3. The first kappa shape index (κ1) is 18.8. The van der Waals surface area contributed by atoms with Crippen molar-refractivity contribution in [2.45, 2.75) is 19.3 Å². The highest BCUT2D eigenvalue weighted by Gasteiger charge is 2.23. The van der Waals surface area contributed by atoms with Gasteiger partial charge in [0.25, 0.3) is 0 Å². The Labute approximate surface area is 159 Å². The number of methoxy groups -OCH3 is 1. The van der Waals surface area contributed by atoms with Crippen LogP contribution < -0.4 is 15.0 Å². The van der Waals surface area contributed by atoms with Crippen molar-refractivity contribution in [3.05, 3.63) is 54.1 Å². The van der Waals surface area contributed by atoms with Gasteiger partial charge in [-0.3, -0.25) is 9.69 Å². The SMILES string of the molecule is COc1ccccc1CCC(=O)Nc1ccc(N2CCCN(C)C2=O)cc1. The van der Waals surface area contributed by atoms with E-state index in [0.29, 0.717) is 19.4 Å². The van der Waals surface area contributed by atoms with Crippen molar-refractivity contribution in [2.75, 3.05) is 37.5 Å². The summed E-state index contributed by atoms with van der Waals surface area (Å²) in [7, 11) is 3.44.